The fourth-order valence-corrected chi connectivity index (χ4v) is 5.16. The van der Waals surface area contributed by atoms with Crippen LogP contribution in [0.1, 0.15) is 37.5 Å². The maximum atomic E-state index is 12.0. The number of thiazole rings is 1. The normalized spacial score (nSPS) is 16.5. The zero-order chi connectivity index (χ0) is 24.4. The first kappa shape index (κ1) is 24.0. The first-order valence-electron chi connectivity index (χ1n) is 11.9. The number of rotatable bonds is 8. The molecule has 2 fully saturated rings. The van der Waals surface area contributed by atoms with E-state index >= 15 is 0 Å². The van der Waals surface area contributed by atoms with Crippen molar-refractivity contribution in [2.75, 3.05) is 48.8 Å². The van der Waals surface area contributed by atoms with E-state index < -0.39 is 0 Å². The van der Waals surface area contributed by atoms with Crippen LogP contribution in [0, 0.1) is 5.92 Å². The molecule has 0 atom stereocenters. The number of nitrogens with one attached hydrogen (secondary N) is 2. The monoisotopic (exact) mass is 510 g/mol. The van der Waals surface area contributed by atoms with Gasteiger partial charge < -0.3 is 15.1 Å². The molecular weight excluding hydrogens is 480 g/mol. The van der Waals surface area contributed by atoms with E-state index in [1.165, 1.54) is 16.6 Å². The molecule has 1 aliphatic heterocycles. The van der Waals surface area contributed by atoms with Crippen LogP contribution in [-0.4, -0.2) is 64.0 Å². The van der Waals surface area contributed by atoms with Crippen LogP contribution in [0.2, 0.25) is 0 Å². The molecule has 2 aromatic heterocycles. The summed E-state index contributed by atoms with van der Waals surface area (Å²) in [5.41, 5.74) is 0.812. The third-order valence-electron chi connectivity index (χ3n) is 5.98. The molecule has 5 rings (SSSR count). The SMILES string of the molecule is CC(C)c1cnc(Nc2nc(Sc3ccc(NC(=O)C4CC4)cc3)nc(N3CCN(C)CC3)n2)s1. The molecule has 0 unspecified atom stereocenters. The molecule has 1 saturated heterocycles. The maximum Gasteiger partial charge on any atom is 0.234 e. The highest BCUT2D eigenvalue weighted by atomic mass is 32.2. The van der Waals surface area contributed by atoms with E-state index in [1.807, 2.05) is 30.5 Å². The standard InChI is InChI=1S/C24H30N8OS2/c1-15(2)19-14-25-23(35-19)28-21-27-22(32-12-10-31(3)11-13-32)30-24(29-21)34-18-8-6-17(7-9-18)26-20(33)16-4-5-16/h6-9,14-16H,4-5,10-13H2,1-3H3,(H,26,33)(H,25,27,28,29,30). The Morgan fingerprint density at radius 2 is 1.83 bits per heavy atom. The van der Waals surface area contributed by atoms with Crippen LogP contribution >= 0.6 is 23.1 Å². The zero-order valence-electron chi connectivity index (χ0n) is 20.2. The van der Waals surface area contributed by atoms with Crippen molar-refractivity contribution in [3.63, 3.8) is 0 Å². The highest BCUT2D eigenvalue weighted by Gasteiger charge is 2.29. The highest BCUT2D eigenvalue weighted by molar-refractivity contribution is 7.99. The first-order valence-corrected chi connectivity index (χ1v) is 13.6. The Morgan fingerprint density at radius 1 is 1.09 bits per heavy atom. The van der Waals surface area contributed by atoms with Crippen LogP contribution in [-0.2, 0) is 4.79 Å². The lowest BCUT2D eigenvalue weighted by Crippen LogP contribution is -2.45. The summed E-state index contributed by atoms with van der Waals surface area (Å²) in [4.78, 5) is 37.4. The molecule has 1 saturated carbocycles. The molecule has 1 aliphatic carbocycles. The lowest BCUT2D eigenvalue weighted by molar-refractivity contribution is -0.117. The molecule has 2 aliphatic rings. The fourth-order valence-electron chi connectivity index (χ4n) is 3.60. The quantitative estimate of drug-likeness (QED) is 0.455. The maximum absolute atomic E-state index is 12.0. The molecule has 3 heterocycles. The van der Waals surface area contributed by atoms with Crippen molar-refractivity contribution >= 4 is 51.7 Å². The Morgan fingerprint density at radius 3 is 2.49 bits per heavy atom. The Kier molecular flexibility index (Phi) is 7.17. The average Bonchev–Trinajstić information content (AvgIpc) is 3.59. The molecule has 184 valence electrons. The lowest BCUT2D eigenvalue weighted by atomic mass is 10.2. The number of hydrogen-bond acceptors (Lipinski definition) is 10. The number of carbonyl (C=O) groups is 1. The minimum Gasteiger partial charge on any atom is -0.338 e. The average molecular weight is 511 g/mol. The number of piperazine rings is 1. The van der Waals surface area contributed by atoms with Crippen molar-refractivity contribution in [2.45, 2.75) is 42.7 Å². The second-order valence-corrected chi connectivity index (χ2v) is 11.4. The summed E-state index contributed by atoms with van der Waals surface area (Å²) >= 11 is 3.09. The van der Waals surface area contributed by atoms with Crippen molar-refractivity contribution < 1.29 is 4.79 Å². The summed E-state index contributed by atoms with van der Waals surface area (Å²) in [5.74, 6) is 1.88. The number of likely N-dealkylation sites (N-methyl/N-ethyl adjacent to an activating group) is 1. The van der Waals surface area contributed by atoms with E-state index in [1.54, 1.807) is 11.3 Å². The summed E-state index contributed by atoms with van der Waals surface area (Å²) in [6.07, 6.45) is 3.88. The Labute approximate surface area is 213 Å². The summed E-state index contributed by atoms with van der Waals surface area (Å²) in [5, 5.41) is 7.66. The van der Waals surface area contributed by atoms with Crippen LogP contribution in [0.5, 0.6) is 0 Å². The second kappa shape index (κ2) is 10.5. The van der Waals surface area contributed by atoms with Crippen LogP contribution < -0.4 is 15.5 Å². The lowest BCUT2D eigenvalue weighted by Gasteiger charge is -2.32. The van der Waals surface area contributed by atoms with E-state index in [0.29, 0.717) is 23.0 Å². The molecule has 11 heteroatoms. The molecule has 2 N–H and O–H groups in total. The first-order chi connectivity index (χ1) is 16.9. The van der Waals surface area contributed by atoms with Crippen LogP contribution in [0.3, 0.4) is 0 Å². The predicted octanol–water partition coefficient (Wildman–Crippen LogP) is 4.45. The van der Waals surface area contributed by atoms with Crippen LogP contribution in [0.15, 0.2) is 40.5 Å². The largest absolute Gasteiger partial charge is 0.338 e. The summed E-state index contributed by atoms with van der Waals surface area (Å²) < 4.78 is 0. The van der Waals surface area contributed by atoms with Crippen molar-refractivity contribution in [1.82, 2.24) is 24.8 Å². The van der Waals surface area contributed by atoms with Crippen LogP contribution in [0.4, 0.5) is 22.7 Å². The summed E-state index contributed by atoms with van der Waals surface area (Å²) in [6.45, 7) is 7.99. The van der Waals surface area contributed by atoms with Gasteiger partial charge in [-0.3, -0.25) is 10.1 Å². The molecule has 9 nitrogen and oxygen atoms in total. The number of anilines is 4. The number of carbonyl (C=O) groups excluding carboxylic acids is 1. The van der Waals surface area contributed by atoms with Gasteiger partial charge in [-0.25, -0.2) is 4.98 Å². The molecule has 3 aromatic rings. The van der Waals surface area contributed by atoms with Gasteiger partial charge in [0.15, 0.2) is 10.3 Å². The van der Waals surface area contributed by atoms with Crippen molar-refractivity contribution in [3.8, 4) is 0 Å². The van der Waals surface area contributed by atoms with Gasteiger partial charge in [0.25, 0.3) is 0 Å². The topological polar surface area (TPSA) is 99.2 Å². The van der Waals surface area contributed by atoms with E-state index in [2.05, 4.69) is 51.3 Å². The van der Waals surface area contributed by atoms with Gasteiger partial charge in [0.05, 0.1) is 0 Å². The number of benzene rings is 1. The fraction of sp³-hybridized carbons (Fsp3) is 0.458. The van der Waals surface area contributed by atoms with Gasteiger partial charge in [-0.15, -0.1) is 11.3 Å². The number of aromatic nitrogens is 4. The smallest absolute Gasteiger partial charge is 0.234 e. The third kappa shape index (κ3) is 6.28. The highest BCUT2D eigenvalue weighted by Crippen LogP contribution is 2.32. The minimum atomic E-state index is 0.109. The van der Waals surface area contributed by atoms with E-state index in [4.69, 9.17) is 9.97 Å². The molecule has 1 amide bonds. The molecule has 0 bridgehead atoms. The summed E-state index contributed by atoms with van der Waals surface area (Å²) in [7, 11) is 2.13. The van der Waals surface area contributed by atoms with Gasteiger partial charge in [0.1, 0.15) is 0 Å². The van der Waals surface area contributed by atoms with Gasteiger partial charge in [-0.05, 0) is 61.8 Å². The van der Waals surface area contributed by atoms with Gasteiger partial charge in [0.2, 0.25) is 17.8 Å². The Hall–Kier alpha value is -2.76. The number of amides is 1. The molecule has 0 spiro atoms. The zero-order valence-corrected chi connectivity index (χ0v) is 21.8. The van der Waals surface area contributed by atoms with Crippen molar-refractivity contribution in [2.24, 2.45) is 5.92 Å². The van der Waals surface area contributed by atoms with Crippen molar-refractivity contribution in [3.05, 3.63) is 35.3 Å². The van der Waals surface area contributed by atoms with E-state index in [-0.39, 0.29) is 11.8 Å². The van der Waals surface area contributed by atoms with Gasteiger partial charge >= 0.3 is 0 Å². The third-order valence-corrected chi connectivity index (χ3v) is 8.07. The van der Waals surface area contributed by atoms with Gasteiger partial charge in [0, 0.05) is 53.8 Å². The van der Waals surface area contributed by atoms with Crippen molar-refractivity contribution in [1.29, 1.82) is 0 Å². The van der Waals surface area contributed by atoms with E-state index in [9.17, 15) is 4.79 Å². The number of nitrogens with zero attached hydrogens (tertiary/aromatic N) is 6. The Balaban J connectivity index is 1.35. The molecule has 35 heavy (non-hydrogen) atoms. The van der Waals surface area contributed by atoms with Crippen LogP contribution in [0.25, 0.3) is 0 Å². The van der Waals surface area contributed by atoms with Gasteiger partial charge in [-0.2, -0.15) is 15.0 Å². The summed E-state index contributed by atoms with van der Waals surface area (Å²) in [6, 6.07) is 7.81. The molecule has 1 aromatic carbocycles. The molecule has 0 radical (unpaired) electrons. The van der Waals surface area contributed by atoms with E-state index in [0.717, 1.165) is 54.7 Å². The minimum absolute atomic E-state index is 0.109. The predicted molar refractivity (Wildman–Crippen MR) is 141 cm³/mol. The number of hydrogen-bond donors (Lipinski definition) is 2. The Bertz CT molecular complexity index is 1170. The van der Waals surface area contributed by atoms with Gasteiger partial charge in [-0.1, -0.05) is 13.8 Å². The molecular formula is C24H30N8OS2. The second-order valence-electron chi connectivity index (χ2n) is 9.27.